The third-order valence-corrected chi connectivity index (χ3v) is 5.80. The molecular weight excluding hydrogens is 394 g/mol. The maximum Gasteiger partial charge on any atom is 0.251 e. The van der Waals surface area contributed by atoms with Crippen LogP contribution in [0, 0.1) is 11.3 Å². The molecule has 0 fully saturated rings. The molecule has 1 amide bonds. The van der Waals surface area contributed by atoms with Crippen molar-refractivity contribution in [3.05, 3.63) is 100 Å². The van der Waals surface area contributed by atoms with Gasteiger partial charge in [-0.3, -0.25) is 4.79 Å². The van der Waals surface area contributed by atoms with Crippen LogP contribution in [0.5, 0.6) is 0 Å². The SMILES string of the molecule is C=C(/C=c1/nc(-c2ccccc2)cc/c1=C/C)CNC(=O)c1ccc2c(c1)C(C#N)CC2. The van der Waals surface area contributed by atoms with Crippen LogP contribution in [0.1, 0.15) is 40.7 Å². The van der Waals surface area contributed by atoms with Crippen molar-refractivity contribution in [3.63, 3.8) is 0 Å². The van der Waals surface area contributed by atoms with Crippen LogP contribution >= 0.6 is 0 Å². The molecule has 1 aliphatic carbocycles. The molecule has 1 aromatic heterocycles. The average molecular weight is 420 g/mol. The zero-order valence-electron chi connectivity index (χ0n) is 18.1. The van der Waals surface area contributed by atoms with Crippen LogP contribution in [-0.4, -0.2) is 17.4 Å². The lowest BCUT2D eigenvalue weighted by Gasteiger charge is -2.08. The number of pyridine rings is 1. The van der Waals surface area contributed by atoms with Crippen LogP contribution in [0.3, 0.4) is 0 Å². The van der Waals surface area contributed by atoms with Gasteiger partial charge in [-0.2, -0.15) is 5.26 Å². The fourth-order valence-electron chi connectivity index (χ4n) is 4.03. The lowest BCUT2D eigenvalue weighted by Crippen LogP contribution is -2.30. The van der Waals surface area contributed by atoms with Crippen molar-refractivity contribution in [1.29, 1.82) is 5.26 Å². The number of rotatable bonds is 5. The minimum Gasteiger partial charge on any atom is -0.348 e. The van der Waals surface area contributed by atoms with Crippen LogP contribution in [-0.2, 0) is 6.42 Å². The van der Waals surface area contributed by atoms with Gasteiger partial charge in [-0.05, 0) is 66.0 Å². The van der Waals surface area contributed by atoms with Gasteiger partial charge in [0, 0.05) is 17.7 Å². The van der Waals surface area contributed by atoms with Crippen molar-refractivity contribution in [1.82, 2.24) is 10.3 Å². The van der Waals surface area contributed by atoms with E-state index in [2.05, 4.69) is 18.0 Å². The summed E-state index contributed by atoms with van der Waals surface area (Å²) in [6, 6.07) is 22.1. The van der Waals surface area contributed by atoms with E-state index in [1.165, 1.54) is 5.56 Å². The predicted molar refractivity (Wildman–Crippen MR) is 128 cm³/mol. The molecular formula is C28H25N3O. The van der Waals surface area contributed by atoms with E-state index in [1.54, 1.807) is 0 Å². The second-order valence-corrected chi connectivity index (χ2v) is 7.94. The molecule has 1 unspecified atom stereocenters. The van der Waals surface area contributed by atoms with E-state index in [9.17, 15) is 10.1 Å². The first-order valence-electron chi connectivity index (χ1n) is 10.8. The van der Waals surface area contributed by atoms with Gasteiger partial charge in [-0.25, -0.2) is 4.98 Å². The van der Waals surface area contributed by atoms with Gasteiger partial charge in [0.2, 0.25) is 0 Å². The summed E-state index contributed by atoms with van der Waals surface area (Å²) in [5.41, 5.74) is 5.43. The monoisotopic (exact) mass is 419 g/mol. The van der Waals surface area contributed by atoms with E-state index in [1.807, 2.05) is 79.7 Å². The number of nitriles is 1. The van der Waals surface area contributed by atoms with Crippen LogP contribution in [0.2, 0.25) is 0 Å². The van der Waals surface area contributed by atoms with Crippen molar-refractivity contribution in [3.8, 4) is 17.3 Å². The summed E-state index contributed by atoms with van der Waals surface area (Å²) >= 11 is 0. The zero-order chi connectivity index (χ0) is 22.5. The number of benzene rings is 2. The van der Waals surface area contributed by atoms with Gasteiger partial charge in [0.05, 0.1) is 23.0 Å². The maximum absolute atomic E-state index is 12.7. The Hall–Kier alpha value is -3.97. The van der Waals surface area contributed by atoms with Gasteiger partial charge in [-0.15, -0.1) is 0 Å². The standard InChI is InChI=1S/C28H25N3O/c1-3-20-13-14-26(22-7-5-4-6-8-22)31-27(20)15-19(2)18-30-28(32)23-11-9-21-10-12-24(17-29)25(21)16-23/h3-9,11,13-16,24H,2,10,12,18H2,1H3,(H,30,32)/b20-3-,27-15+. The smallest absolute Gasteiger partial charge is 0.251 e. The summed E-state index contributed by atoms with van der Waals surface area (Å²) < 4.78 is 0. The molecule has 32 heavy (non-hydrogen) atoms. The molecule has 0 bridgehead atoms. The van der Waals surface area contributed by atoms with Gasteiger partial charge in [0.15, 0.2) is 0 Å². The molecule has 0 aliphatic heterocycles. The summed E-state index contributed by atoms with van der Waals surface area (Å²) in [4.78, 5) is 17.5. The van der Waals surface area contributed by atoms with Crippen molar-refractivity contribution in [2.45, 2.75) is 25.7 Å². The highest BCUT2D eigenvalue weighted by Gasteiger charge is 2.23. The first-order chi connectivity index (χ1) is 15.6. The van der Waals surface area contributed by atoms with Crippen LogP contribution < -0.4 is 15.9 Å². The lowest BCUT2D eigenvalue weighted by molar-refractivity contribution is 0.0957. The average Bonchev–Trinajstić information content (AvgIpc) is 3.25. The molecule has 0 radical (unpaired) electrons. The largest absolute Gasteiger partial charge is 0.348 e. The third-order valence-electron chi connectivity index (χ3n) is 5.80. The third kappa shape index (κ3) is 4.53. The summed E-state index contributed by atoms with van der Waals surface area (Å²) in [6.07, 6.45) is 5.65. The van der Waals surface area contributed by atoms with Crippen molar-refractivity contribution in [2.75, 3.05) is 6.54 Å². The number of amides is 1. The highest BCUT2D eigenvalue weighted by molar-refractivity contribution is 5.94. The predicted octanol–water partition coefficient (Wildman–Crippen LogP) is 3.87. The Labute approximate surface area is 188 Å². The molecule has 4 heteroatoms. The maximum atomic E-state index is 12.7. The Morgan fingerprint density at radius 1 is 1.22 bits per heavy atom. The molecule has 1 heterocycles. The summed E-state index contributed by atoms with van der Waals surface area (Å²) in [6.45, 7) is 6.40. The molecule has 3 aromatic rings. The highest BCUT2D eigenvalue weighted by atomic mass is 16.1. The number of nitrogens with one attached hydrogen (secondary N) is 1. The van der Waals surface area contributed by atoms with Crippen LogP contribution in [0.4, 0.5) is 0 Å². The molecule has 0 saturated heterocycles. The van der Waals surface area contributed by atoms with E-state index < -0.39 is 0 Å². The molecule has 0 saturated carbocycles. The molecule has 1 N–H and O–H groups in total. The fraction of sp³-hybridized carbons (Fsp3) is 0.179. The Kier molecular flexibility index (Phi) is 6.28. The second kappa shape index (κ2) is 9.45. The lowest BCUT2D eigenvalue weighted by atomic mass is 10.00. The number of hydrogen-bond acceptors (Lipinski definition) is 3. The van der Waals surface area contributed by atoms with Crippen molar-refractivity contribution in [2.24, 2.45) is 0 Å². The highest BCUT2D eigenvalue weighted by Crippen LogP contribution is 2.33. The number of hydrogen-bond donors (Lipinski definition) is 1. The van der Waals surface area contributed by atoms with E-state index in [4.69, 9.17) is 4.98 Å². The molecule has 1 atom stereocenters. The number of aromatic nitrogens is 1. The van der Waals surface area contributed by atoms with Gasteiger partial charge < -0.3 is 5.32 Å². The minimum atomic E-state index is -0.167. The van der Waals surface area contributed by atoms with Crippen molar-refractivity contribution < 1.29 is 4.79 Å². The van der Waals surface area contributed by atoms with Gasteiger partial charge in [-0.1, -0.05) is 55.1 Å². The Morgan fingerprint density at radius 3 is 2.78 bits per heavy atom. The topological polar surface area (TPSA) is 65.8 Å². The minimum absolute atomic E-state index is 0.118. The summed E-state index contributed by atoms with van der Waals surface area (Å²) in [5.74, 6) is -0.285. The number of fused-ring (bicyclic) bond motifs is 1. The molecule has 4 nitrogen and oxygen atoms in total. The first kappa shape index (κ1) is 21.3. The molecule has 4 rings (SSSR count). The van der Waals surface area contributed by atoms with E-state index >= 15 is 0 Å². The van der Waals surface area contributed by atoms with Crippen LogP contribution in [0.15, 0.2) is 72.8 Å². The van der Waals surface area contributed by atoms with E-state index in [-0.39, 0.29) is 11.8 Å². The second-order valence-electron chi connectivity index (χ2n) is 7.94. The van der Waals surface area contributed by atoms with E-state index in [0.717, 1.165) is 45.8 Å². The molecule has 1 aliphatic rings. The normalized spacial score (nSPS) is 15.8. The molecule has 2 aromatic carbocycles. The Bertz CT molecular complexity index is 1330. The number of carbonyl (C=O) groups is 1. The molecule has 158 valence electrons. The van der Waals surface area contributed by atoms with Gasteiger partial charge >= 0.3 is 0 Å². The zero-order valence-corrected chi connectivity index (χ0v) is 18.1. The molecule has 0 spiro atoms. The number of aryl methyl sites for hydroxylation is 1. The van der Waals surface area contributed by atoms with Crippen molar-refractivity contribution >= 4 is 18.1 Å². The summed E-state index contributed by atoms with van der Waals surface area (Å²) in [5, 5.41) is 14.1. The Morgan fingerprint density at radius 2 is 2.03 bits per heavy atom. The summed E-state index contributed by atoms with van der Waals surface area (Å²) in [7, 11) is 0. The number of carbonyl (C=O) groups excluding carboxylic acids is 1. The fourth-order valence-corrected chi connectivity index (χ4v) is 4.03. The Balaban J connectivity index is 1.51. The van der Waals surface area contributed by atoms with E-state index in [0.29, 0.717) is 12.1 Å². The van der Waals surface area contributed by atoms with Crippen LogP contribution in [0.25, 0.3) is 23.4 Å². The quantitative estimate of drug-likeness (QED) is 0.683. The van der Waals surface area contributed by atoms with Gasteiger partial charge in [0.25, 0.3) is 5.91 Å². The van der Waals surface area contributed by atoms with Gasteiger partial charge in [0.1, 0.15) is 0 Å². The first-order valence-corrected chi connectivity index (χ1v) is 10.8. The number of nitrogens with zero attached hydrogens (tertiary/aromatic N) is 2.